The van der Waals surface area contributed by atoms with E-state index in [0.29, 0.717) is 0 Å². The maximum atomic E-state index is 11.3. The van der Waals surface area contributed by atoms with Crippen LogP contribution in [0.5, 0.6) is 0 Å². The predicted molar refractivity (Wildman–Crippen MR) is 54.9 cm³/mol. The van der Waals surface area contributed by atoms with Crippen LogP contribution in [-0.2, 0) is 9.53 Å². The van der Waals surface area contributed by atoms with Crippen LogP contribution in [-0.4, -0.2) is 36.4 Å². The van der Waals surface area contributed by atoms with Crippen LogP contribution < -0.4 is 5.32 Å². The van der Waals surface area contributed by atoms with Crippen molar-refractivity contribution in [2.75, 3.05) is 7.11 Å². The van der Waals surface area contributed by atoms with E-state index in [9.17, 15) is 9.90 Å². The molecule has 0 radical (unpaired) electrons. The summed E-state index contributed by atoms with van der Waals surface area (Å²) in [6.45, 7) is 7.39. The number of methoxy groups -OCH3 is 1. The summed E-state index contributed by atoms with van der Waals surface area (Å²) in [5.74, 6) is -0.142. The topological polar surface area (TPSA) is 58.6 Å². The summed E-state index contributed by atoms with van der Waals surface area (Å²) in [7, 11) is 1.37. The number of hydrogen-bond donors (Lipinski definition) is 2. The molecule has 4 nitrogen and oxygen atoms in total. The summed E-state index contributed by atoms with van der Waals surface area (Å²) in [4.78, 5) is 11.3. The number of rotatable bonds is 5. The van der Waals surface area contributed by atoms with Crippen molar-refractivity contribution in [3.8, 4) is 0 Å². The third kappa shape index (κ3) is 4.07. The maximum Gasteiger partial charge on any atom is 0.323 e. The van der Waals surface area contributed by atoms with Crippen molar-refractivity contribution in [1.29, 1.82) is 0 Å². The molecule has 0 fully saturated rings. The molecular formula is C10H21NO3. The Kier molecular flexibility index (Phi) is 5.72. The molecule has 0 aromatic heterocycles. The average molecular weight is 203 g/mol. The number of aliphatic hydroxyl groups is 1. The van der Waals surface area contributed by atoms with E-state index in [1.165, 1.54) is 7.11 Å². The van der Waals surface area contributed by atoms with E-state index in [1.54, 1.807) is 6.92 Å². The highest BCUT2D eigenvalue weighted by Crippen LogP contribution is 2.06. The molecule has 3 atom stereocenters. The largest absolute Gasteiger partial charge is 0.468 e. The van der Waals surface area contributed by atoms with E-state index >= 15 is 0 Å². The molecule has 0 aliphatic rings. The number of hydrogen-bond acceptors (Lipinski definition) is 4. The van der Waals surface area contributed by atoms with Gasteiger partial charge in [0.1, 0.15) is 6.04 Å². The zero-order valence-electron chi connectivity index (χ0n) is 9.57. The van der Waals surface area contributed by atoms with Crippen LogP contribution >= 0.6 is 0 Å². The fourth-order valence-electron chi connectivity index (χ4n) is 1.08. The molecule has 3 unspecified atom stereocenters. The molecule has 0 saturated carbocycles. The molecule has 0 aromatic carbocycles. The summed E-state index contributed by atoms with van der Waals surface area (Å²) >= 11 is 0. The molecule has 4 heteroatoms. The van der Waals surface area contributed by atoms with Gasteiger partial charge < -0.3 is 9.84 Å². The van der Waals surface area contributed by atoms with Crippen molar-refractivity contribution in [1.82, 2.24) is 5.32 Å². The summed E-state index contributed by atoms with van der Waals surface area (Å²) in [5.41, 5.74) is 0. The summed E-state index contributed by atoms with van der Waals surface area (Å²) < 4.78 is 4.67. The van der Waals surface area contributed by atoms with E-state index in [0.717, 1.165) is 0 Å². The van der Waals surface area contributed by atoms with Crippen LogP contribution in [0.15, 0.2) is 0 Å². The van der Waals surface area contributed by atoms with E-state index in [2.05, 4.69) is 10.1 Å². The van der Waals surface area contributed by atoms with Gasteiger partial charge in [-0.05, 0) is 19.8 Å². The summed E-state index contributed by atoms with van der Waals surface area (Å²) in [6.07, 6.45) is -0.485. The maximum absolute atomic E-state index is 11.3. The van der Waals surface area contributed by atoms with Crippen molar-refractivity contribution in [3.63, 3.8) is 0 Å². The van der Waals surface area contributed by atoms with Gasteiger partial charge in [-0.25, -0.2) is 0 Å². The normalized spacial score (nSPS) is 17.6. The molecule has 0 rings (SSSR count). The zero-order chi connectivity index (χ0) is 11.3. The SMILES string of the molecule is COC(=O)C(NC(C)C(C)O)C(C)C. The number of carbonyl (C=O) groups excluding carboxylic acids is 1. The van der Waals surface area contributed by atoms with Crippen LogP contribution in [0.2, 0.25) is 0 Å². The third-order valence-corrected chi connectivity index (χ3v) is 2.29. The lowest BCUT2D eigenvalue weighted by atomic mass is 10.0. The summed E-state index contributed by atoms with van der Waals surface area (Å²) in [5, 5.41) is 12.3. The lowest BCUT2D eigenvalue weighted by Gasteiger charge is -2.25. The van der Waals surface area contributed by atoms with E-state index in [-0.39, 0.29) is 24.0 Å². The second-order valence-corrected chi connectivity index (χ2v) is 3.94. The molecule has 0 spiro atoms. The Morgan fingerprint density at radius 2 is 1.79 bits per heavy atom. The van der Waals surface area contributed by atoms with Crippen LogP contribution in [0.3, 0.4) is 0 Å². The van der Waals surface area contributed by atoms with E-state index in [1.807, 2.05) is 20.8 Å². The fraction of sp³-hybridized carbons (Fsp3) is 0.900. The van der Waals surface area contributed by atoms with Gasteiger partial charge in [0.05, 0.1) is 13.2 Å². The predicted octanol–water partition coefficient (Wildman–Crippen LogP) is 0.543. The lowest BCUT2D eigenvalue weighted by Crippen LogP contribution is -2.49. The minimum absolute atomic E-state index is 0.124. The Morgan fingerprint density at radius 3 is 2.07 bits per heavy atom. The Balaban J connectivity index is 4.30. The summed E-state index contributed by atoms with van der Waals surface area (Å²) in [6, 6.07) is -0.480. The number of aliphatic hydroxyl groups excluding tert-OH is 1. The first-order valence-corrected chi connectivity index (χ1v) is 4.92. The van der Waals surface area contributed by atoms with Gasteiger partial charge in [0.25, 0.3) is 0 Å². The quantitative estimate of drug-likeness (QED) is 0.640. The highest BCUT2D eigenvalue weighted by molar-refractivity contribution is 5.75. The molecular weight excluding hydrogens is 182 g/mol. The fourth-order valence-corrected chi connectivity index (χ4v) is 1.08. The molecule has 0 saturated heterocycles. The van der Waals surface area contributed by atoms with E-state index < -0.39 is 6.10 Å². The van der Waals surface area contributed by atoms with Gasteiger partial charge >= 0.3 is 5.97 Å². The highest BCUT2D eigenvalue weighted by atomic mass is 16.5. The van der Waals surface area contributed by atoms with E-state index in [4.69, 9.17) is 0 Å². The van der Waals surface area contributed by atoms with Gasteiger partial charge in [-0.15, -0.1) is 0 Å². The Hall–Kier alpha value is -0.610. The minimum Gasteiger partial charge on any atom is -0.468 e. The van der Waals surface area contributed by atoms with Gasteiger partial charge in [-0.1, -0.05) is 13.8 Å². The van der Waals surface area contributed by atoms with Crippen molar-refractivity contribution in [2.45, 2.75) is 45.9 Å². The number of carbonyl (C=O) groups is 1. The monoisotopic (exact) mass is 203 g/mol. The van der Waals surface area contributed by atoms with Gasteiger partial charge in [0.2, 0.25) is 0 Å². The Labute approximate surface area is 85.6 Å². The Bertz CT molecular complexity index is 180. The van der Waals surface area contributed by atoms with Crippen LogP contribution in [0, 0.1) is 5.92 Å². The number of nitrogens with one attached hydrogen (secondary N) is 1. The first-order chi connectivity index (χ1) is 6.40. The Morgan fingerprint density at radius 1 is 1.29 bits per heavy atom. The second-order valence-electron chi connectivity index (χ2n) is 3.94. The van der Waals surface area contributed by atoms with Crippen LogP contribution in [0.25, 0.3) is 0 Å². The molecule has 84 valence electrons. The minimum atomic E-state index is -0.485. The van der Waals surface area contributed by atoms with Crippen LogP contribution in [0.4, 0.5) is 0 Å². The van der Waals surface area contributed by atoms with Crippen molar-refractivity contribution in [3.05, 3.63) is 0 Å². The first-order valence-electron chi connectivity index (χ1n) is 4.92. The third-order valence-electron chi connectivity index (χ3n) is 2.29. The zero-order valence-corrected chi connectivity index (χ0v) is 9.57. The van der Waals surface area contributed by atoms with Crippen molar-refractivity contribution in [2.24, 2.45) is 5.92 Å². The highest BCUT2D eigenvalue weighted by Gasteiger charge is 2.25. The second kappa shape index (κ2) is 5.98. The van der Waals surface area contributed by atoms with Gasteiger partial charge in [-0.2, -0.15) is 0 Å². The molecule has 0 heterocycles. The smallest absolute Gasteiger partial charge is 0.323 e. The van der Waals surface area contributed by atoms with Gasteiger partial charge in [-0.3, -0.25) is 10.1 Å². The molecule has 0 aromatic rings. The lowest BCUT2D eigenvalue weighted by molar-refractivity contribution is -0.144. The molecule has 0 bridgehead atoms. The molecule has 0 aliphatic heterocycles. The average Bonchev–Trinajstić information content (AvgIpc) is 2.11. The van der Waals surface area contributed by atoms with Crippen LogP contribution in [0.1, 0.15) is 27.7 Å². The van der Waals surface area contributed by atoms with Crippen molar-refractivity contribution >= 4 is 5.97 Å². The van der Waals surface area contributed by atoms with Crippen molar-refractivity contribution < 1.29 is 14.6 Å². The molecule has 2 N–H and O–H groups in total. The van der Waals surface area contributed by atoms with Gasteiger partial charge in [0.15, 0.2) is 0 Å². The van der Waals surface area contributed by atoms with Gasteiger partial charge in [0, 0.05) is 6.04 Å². The number of esters is 1. The molecule has 0 amide bonds. The number of ether oxygens (including phenoxy) is 1. The standard InChI is InChI=1S/C10H21NO3/c1-6(2)9(10(13)14-5)11-7(3)8(4)12/h6-9,11-12H,1-5H3. The molecule has 0 aliphatic carbocycles. The molecule has 14 heavy (non-hydrogen) atoms. The first kappa shape index (κ1) is 13.4.